The number of sulfonamides is 1. The predicted octanol–water partition coefficient (Wildman–Crippen LogP) is 1.88. The van der Waals surface area contributed by atoms with Crippen molar-refractivity contribution < 1.29 is 22.9 Å². The number of rotatable bonds is 9. The van der Waals surface area contributed by atoms with E-state index in [0.717, 1.165) is 11.4 Å². The zero-order valence-electron chi connectivity index (χ0n) is 17.8. The highest BCUT2D eigenvalue weighted by molar-refractivity contribution is 7.89. The third-order valence-electron chi connectivity index (χ3n) is 5.27. The van der Waals surface area contributed by atoms with Crippen LogP contribution in [0.2, 0.25) is 0 Å². The largest absolute Gasteiger partial charge is 0.497 e. The number of benzene rings is 2. The van der Waals surface area contributed by atoms with E-state index in [1.807, 2.05) is 24.3 Å². The molecule has 1 heterocycles. The molecule has 2 aromatic rings. The monoisotopic (exact) mass is 462 g/mol. The average molecular weight is 463 g/mol. The van der Waals surface area contributed by atoms with Crippen LogP contribution in [0.15, 0.2) is 48.5 Å². The number of anilines is 1. The number of nitro benzene ring substituents is 1. The summed E-state index contributed by atoms with van der Waals surface area (Å²) in [5.41, 5.74) is 1.21. The Morgan fingerprint density at radius 2 is 1.69 bits per heavy atom. The van der Waals surface area contributed by atoms with Crippen LogP contribution in [0, 0.1) is 10.1 Å². The van der Waals surface area contributed by atoms with Gasteiger partial charge in [-0.15, -0.1) is 0 Å². The normalized spacial score (nSPS) is 14.7. The van der Waals surface area contributed by atoms with E-state index in [-0.39, 0.29) is 30.0 Å². The molecule has 172 valence electrons. The molecule has 0 spiro atoms. The fraction of sp³-hybridized carbons (Fsp3) is 0.381. The van der Waals surface area contributed by atoms with Gasteiger partial charge in [0.15, 0.2) is 0 Å². The summed E-state index contributed by atoms with van der Waals surface area (Å²) in [6.45, 7) is 2.21. The maximum absolute atomic E-state index is 12.6. The highest BCUT2D eigenvalue weighted by Gasteiger charge is 2.26. The first-order valence-corrected chi connectivity index (χ1v) is 11.8. The van der Waals surface area contributed by atoms with Crippen molar-refractivity contribution in [2.45, 2.75) is 6.42 Å². The summed E-state index contributed by atoms with van der Waals surface area (Å²) in [6.07, 6.45) is 0.278. The van der Waals surface area contributed by atoms with Gasteiger partial charge < -0.3 is 15.0 Å². The molecule has 1 N–H and O–H groups in total. The molecule has 3 rings (SSSR count). The lowest BCUT2D eigenvalue weighted by Crippen LogP contribution is -2.49. The first-order valence-electron chi connectivity index (χ1n) is 10.2. The molecule has 1 aliphatic heterocycles. The van der Waals surface area contributed by atoms with Gasteiger partial charge >= 0.3 is 0 Å². The van der Waals surface area contributed by atoms with Gasteiger partial charge in [0.2, 0.25) is 10.0 Å². The topological polar surface area (TPSA) is 122 Å². The molecule has 1 saturated heterocycles. The van der Waals surface area contributed by atoms with Gasteiger partial charge in [-0.25, -0.2) is 8.42 Å². The fourth-order valence-corrected chi connectivity index (χ4v) is 4.93. The molecule has 0 saturated carbocycles. The van der Waals surface area contributed by atoms with Crippen LogP contribution >= 0.6 is 0 Å². The van der Waals surface area contributed by atoms with Crippen molar-refractivity contribution in [1.82, 2.24) is 9.62 Å². The maximum atomic E-state index is 12.6. The molecule has 0 aliphatic carbocycles. The van der Waals surface area contributed by atoms with E-state index in [1.165, 1.54) is 28.6 Å². The molecular weight excluding hydrogens is 436 g/mol. The van der Waals surface area contributed by atoms with Gasteiger partial charge in [0.25, 0.3) is 11.6 Å². The number of amides is 1. The zero-order chi connectivity index (χ0) is 23.1. The lowest BCUT2D eigenvalue weighted by Gasteiger charge is -2.35. The summed E-state index contributed by atoms with van der Waals surface area (Å²) in [4.78, 5) is 24.4. The second-order valence-corrected chi connectivity index (χ2v) is 9.40. The number of nitrogens with one attached hydrogen (secondary N) is 1. The second kappa shape index (κ2) is 10.4. The minimum Gasteiger partial charge on any atom is -0.497 e. The van der Waals surface area contributed by atoms with Crippen LogP contribution < -0.4 is 15.0 Å². The van der Waals surface area contributed by atoms with Crippen molar-refractivity contribution >= 4 is 27.3 Å². The van der Waals surface area contributed by atoms with E-state index in [4.69, 9.17) is 4.74 Å². The Morgan fingerprint density at radius 3 is 2.25 bits per heavy atom. The molecule has 0 atom stereocenters. The van der Waals surface area contributed by atoms with Gasteiger partial charge in [0, 0.05) is 56.1 Å². The molecule has 11 heteroatoms. The number of non-ortho nitro benzene ring substituents is 1. The SMILES string of the molecule is COc1ccc(N2CCN(S(=O)(=O)CCCNC(=O)c3ccc([N+](=O)[O-])cc3)CC2)cc1. The second-order valence-electron chi connectivity index (χ2n) is 7.31. The standard InChI is InChI=1S/C21H26N4O6S/c1-31-20-9-7-18(8-10-20)23-12-14-24(15-13-23)32(29,30)16-2-11-22-21(26)17-3-5-19(6-4-17)25(27)28/h3-10H,2,11-16H2,1H3,(H,22,26). The molecule has 32 heavy (non-hydrogen) atoms. The van der Waals surface area contributed by atoms with Crippen molar-refractivity contribution in [3.63, 3.8) is 0 Å². The molecule has 0 unspecified atom stereocenters. The number of hydrogen-bond acceptors (Lipinski definition) is 7. The molecule has 1 aliphatic rings. The minimum absolute atomic E-state index is 0.0594. The van der Waals surface area contributed by atoms with E-state index in [2.05, 4.69) is 10.2 Å². The molecule has 0 aromatic heterocycles. The van der Waals surface area contributed by atoms with E-state index in [1.54, 1.807) is 7.11 Å². The van der Waals surface area contributed by atoms with Gasteiger partial charge in [-0.05, 0) is 42.8 Å². The Hall–Kier alpha value is -3.18. The third kappa shape index (κ3) is 5.95. The Bertz CT molecular complexity index is 1030. The number of ether oxygens (including phenoxy) is 1. The Labute approximate surface area is 187 Å². The van der Waals surface area contributed by atoms with Gasteiger partial charge in [-0.2, -0.15) is 4.31 Å². The molecular formula is C21H26N4O6S. The molecule has 1 fully saturated rings. The van der Waals surface area contributed by atoms with Gasteiger partial charge in [0.1, 0.15) is 5.75 Å². The van der Waals surface area contributed by atoms with Crippen molar-refractivity contribution in [3.05, 3.63) is 64.2 Å². The van der Waals surface area contributed by atoms with Gasteiger partial charge in [-0.1, -0.05) is 0 Å². The van der Waals surface area contributed by atoms with Crippen molar-refractivity contribution in [2.75, 3.05) is 50.5 Å². The fourth-order valence-electron chi connectivity index (χ4n) is 3.44. The molecule has 10 nitrogen and oxygen atoms in total. The minimum atomic E-state index is -3.42. The quantitative estimate of drug-likeness (QED) is 0.343. The van der Waals surface area contributed by atoms with Crippen molar-refractivity contribution in [3.8, 4) is 5.75 Å². The van der Waals surface area contributed by atoms with Crippen LogP contribution in [0.3, 0.4) is 0 Å². The number of hydrogen-bond donors (Lipinski definition) is 1. The Morgan fingerprint density at radius 1 is 1.06 bits per heavy atom. The average Bonchev–Trinajstić information content (AvgIpc) is 2.82. The Kier molecular flexibility index (Phi) is 7.65. The lowest BCUT2D eigenvalue weighted by molar-refractivity contribution is -0.384. The number of nitrogens with zero attached hydrogens (tertiary/aromatic N) is 3. The van der Waals surface area contributed by atoms with Crippen LogP contribution in [0.25, 0.3) is 0 Å². The van der Waals surface area contributed by atoms with Gasteiger partial charge in [0.05, 0.1) is 17.8 Å². The number of carbonyl (C=O) groups is 1. The number of carbonyl (C=O) groups excluding carboxylic acids is 1. The third-order valence-corrected chi connectivity index (χ3v) is 7.23. The number of nitro groups is 1. The summed E-state index contributed by atoms with van der Waals surface area (Å²) in [7, 11) is -1.81. The van der Waals surface area contributed by atoms with E-state index >= 15 is 0 Å². The van der Waals surface area contributed by atoms with E-state index in [9.17, 15) is 23.3 Å². The highest BCUT2D eigenvalue weighted by atomic mass is 32.2. The van der Waals surface area contributed by atoms with Crippen LogP contribution in [0.5, 0.6) is 5.75 Å². The summed E-state index contributed by atoms with van der Waals surface area (Å²) in [5.74, 6) is 0.317. The van der Waals surface area contributed by atoms with Crippen molar-refractivity contribution in [1.29, 1.82) is 0 Å². The Balaban J connectivity index is 1.42. The van der Waals surface area contributed by atoms with Crippen LogP contribution in [-0.4, -0.2) is 69.1 Å². The predicted molar refractivity (Wildman–Crippen MR) is 121 cm³/mol. The van der Waals surface area contributed by atoms with Gasteiger partial charge in [-0.3, -0.25) is 14.9 Å². The maximum Gasteiger partial charge on any atom is 0.269 e. The molecule has 0 radical (unpaired) electrons. The van der Waals surface area contributed by atoms with Crippen LogP contribution in [0.1, 0.15) is 16.8 Å². The summed E-state index contributed by atoms with van der Waals surface area (Å²) in [6, 6.07) is 12.9. The zero-order valence-corrected chi connectivity index (χ0v) is 18.6. The summed E-state index contributed by atoms with van der Waals surface area (Å²) < 4.78 is 31.9. The smallest absolute Gasteiger partial charge is 0.269 e. The molecule has 1 amide bonds. The molecule has 2 aromatic carbocycles. The number of methoxy groups -OCH3 is 1. The van der Waals surface area contributed by atoms with E-state index < -0.39 is 20.9 Å². The van der Waals surface area contributed by atoms with Crippen LogP contribution in [0.4, 0.5) is 11.4 Å². The first kappa shape index (κ1) is 23.5. The number of piperazine rings is 1. The van der Waals surface area contributed by atoms with E-state index in [0.29, 0.717) is 26.2 Å². The van der Waals surface area contributed by atoms with Crippen LogP contribution in [-0.2, 0) is 10.0 Å². The molecule has 0 bridgehead atoms. The summed E-state index contributed by atoms with van der Waals surface area (Å²) in [5, 5.41) is 13.3. The summed E-state index contributed by atoms with van der Waals surface area (Å²) >= 11 is 0. The first-order chi connectivity index (χ1) is 15.3. The lowest BCUT2D eigenvalue weighted by atomic mass is 10.2. The van der Waals surface area contributed by atoms with Crippen molar-refractivity contribution in [2.24, 2.45) is 0 Å². The highest BCUT2D eigenvalue weighted by Crippen LogP contribution is 2.21.